The van der Waals surface area contributed by atoms with Crippen molar-refractivity contribution >= 4 is 5.91 Å². The lowest BCUT2D eigenvalue weighted by Gasteiger charge is -2.32. The molecule has 0 aliphatic carbocycles. The molecule has 0 radical (unpaired) electrons. The van der Waals surface area contributed by atoms with Crippen LogP contribution in [0.4, 0.5) is 0 Å². The Labute approximate surface area is 126 Å². The lowest BCUT2D eigenvalue weighted by atomic mass is 10.1. The number of ether oxygens (including phenoxy) is 1. The second-order valence-corrected chi connectivity index (χ2v) is 4.97. The number of rotatable bonds is 3. The predicted molar refractivity (Wildman–Crippen MR) is 76.4 cm³/mol. The third-order valence-electron chi connectivity index (χ3n) is 3.38. The smallest absolute Gasteiger partial charge is 0.316 e. The van der Waals surface area contributed by atoms with Crippen LogP contribution in [0, 0.1) is 0 Å². The number of aromatic nitrogens is 4. The van der Waals surface area contributed by atoms with Crippen molar-refractivity contribution in [1.82, 2.24) is 25.1 Å². The summed E-state index contributed by atoms with van der Waals surface area (Å²) in [6, 6.07) is 4.73. The summed E-state index contributed by atoms with van der Waals surface area (Å²) in [7, 11) is 0. The lowest BCUT2D eigenvalue weighted by molar-refractivity contribution is 0.0509. The molecular weight excluding hydrogens is 286 g/mol. The van der Waals surface area contributed by atoms with Crippen LogP contribution >= 0.6 is 0 Å². The van der Waals surface area contributed by atoms with E-state index in [9.17, 15) is 9.59 Å². The molecular formula is C14H15N5O3. The van der Waals surface area contributed by atoms with Crippen LogP contribution in [-0.2, 0) is 0 Å². The Morgan fingerprint density at radius 1 is 1.32 bits per heavy atom. The molecule has 114 valence electrons. The largest absolute Gasteiger partial charge is 0.458 e. The highest BCUT2D eigenvalue weighted by Crippen LogP contribution is 2.16. The van der Waals surface area contributed by atoms with E-state index in [0.29, 0.717) is 19.1 Å². The predicted octanol–water partition coefficient (Wildman–Crippen LogP) is 0.243. The van der Waals surface area contributed by atoms with Gasteiger partial charge in [0.05, 0.1) is 6.54 Å². The highest BCUT2D eigenvalue weighted by Gasteiger charge is 2.26. The zero-order chi connectivity index (χ0) is 15.4. The van der Waals surface area contributed by atoms with Crippen LogP contribution in [0.2, 0.25) is 0 Å². The van der Waals surface area contributed by atoms with Crippen molar-refractivity contribution in [3.63, 3.8) is 0 Å². The van der Waals surface area contributed by atoms with Crippen molar-refractivity contribution in [3.05, 3.63) is 46.6 Å². The summed E-state index contributed by atoms with van der Waals surface area (Å²) in [6.07, 6.45) is 4.73. The second-order valence-electron chi connectivity index (χ2n) is 4.97. The monoisotopic (exact) mass is 301 g/mol. The topological polar surface area (TPSA) is 101 Å². The van der Waals surface area contributed by atoms with Crippen molar-refractivity contribution < 1.29 is 9.53 Å². The average Bonchev–Trinajstić information content (AvgIpc) is 2.56. The fourth-order valence-electron chi connectivity index (χ4n) is 2.34. The Morgan fingerprint density at radius 3 is 2.86 bits per heavy atom. The molecule has 1 unspecified atom stereocenters. The van der Waals surface area contributed by atoms with Gasteiger partial charge in [0.1, 0.15) is 11.8 Å². The van der Waals surface area contributed by atoms with Crippen LogP contribution in [0.15, 0.2) is 35.4 Å². The third-order valence-corrected chi connectivity index (χ3v) is 3.38. The van der Waals surface area contributed by atoms with Gasteiger partial charge in [-0.15, -0.1) is 0 Å². The number of carbonyl (C=O) groups is 1. The molecule has 1 N–H and O–H groups in total. The van der Waals surface area contributed by atoms with E-state index in [4.69, 9.17) is 4.74 Å². The first-order valence-electron chi connectivity index (χ1n) is 7.01. The molecule has 2 aromatic rings. The van der Waals surface area contributed by atoms with Gasteiger partial charge in [-0.25, -0.2) is 15.1 Å². The number of likely N-dealkylation sites (tertiary alicyclic amines) is 1. The second kappa shape index (κ2) is 6.33. The minimum atomic E-state index is -0.336. The van der Waals surface area contributed by atoms with Gasteiger partial charge in [-0.3, -0.25) is 9.59 Å². The number of amides is 1. The molecule has 1 atom stereocenters. The summed E-state index contributed by atoms with van der Waals surface area (Å²) in [6.45, 7) is 1.08. The van der Waals surface area contributed by atoms with Crippen molar-refractivity contribution in [1.29, 1.82) is 0 Å². The van der Waals surface area contributed by atoms with Gasteiger partial charge in [0.25, 0.3) is 11.5 Å². The van der Waals surface area contributed by atoms with Gasteiger partial charge in [-0.05, 0) is 25.0 Å². The Morgan fingerprint density at radius 2 is 2.14 bits per heavy atom. The van der Waals surface area contributed by atoms with Gasteiger partial charge in [-0.1, -0.05) is 0 Å². The summed E-state index contributed by atoms with van der Waals surface area (Å²) in [4.78, 5) is 33.1. The number of aromatic amines is 1. The zero-order valence-corrected chi connectivity index (χ0v) is 11.8. The first kappa shape index (κ1) is 14.2. The fourth-order valence-corrected chi connectivity index (χ4v) is 2.34. The Kier molecular flexibility index (Phi) is 4.08. The first-order chi connectivity index (χ1) is 10.7. The normalized spacial score (nSPS) is 18.0. The van der Waals surface area contributed by atoms with Crippen molar-refractivity contribution in [2.75, 3.05) is 13.1 Å². The lowest BCUT2D eigenvalue weighted by Crippen LogP contribution is -2.45. The van der Waals surface area contributed by atoms with E-state index in [1.165, 1.54) is 12.1 Å². The highest BCUT2D eigenvalue weighted by molar-refractivity contribution is 5.92. The molecule has 0 saturated carbocycles. The molecule has 0 bridgehead atoms. The summed E-state index contributed by atoms with van der Waals surface area (Å²) in [5, 5.41) is 6.03. The molecule has 1 saturated heterocycles. The number of carbonyl (C=O) groups excluding carboxylic acids is 1. The molecule has 0 aromatic carbocycles. The van der Waals surface area contributed by atoms with Crippen molar-refractivity contribution in [2.45, 2.75) is 18.9 Å². The fraction of sp³-hybridized carbons (Fsp3) is 0.357. The molecule has 1 amide bonds. The number of H-pyrrole nitrogens is 1. The number of hydrogen-bond donors (Lipinski definition) is 1. The Hall–Kier alpha value is -2.77. The molecule has 8 heteroatoms. The van der Waals surface area contributed by atoms with Gasteiger partial charge < -0.3 is 9.64 Å². The van der Waals surface area contributed by atoms with E-state index in [2.05, 4.69) is 20.2 Å². The third kappa shape index (κ3) is 3.27. The summed E-state index contributed by atoms with van der Waals surface area (Å²) in [5.74, 6) is -0.224. The van der Waals surface area contributed by atoms with Crippen LogP contribution in [0.3, 0.4) is 0 Å². The van der Waals surface area contributed by atoms with Crippen LogP contribution in [-0.4, -0.2) is 50.2 Å². The minimum Gasteiger partial charge on any atom is -0.458 e. The maximum Gasteiger partial charge on any atom is 0.316 e. The van der Waals surface area contributed by atoms with Gasteiger partial charge in [-0.2, -0.15) is 5.10 Å². The highest BCUT2D eigenvalue weighted by atomic mass is 16.5. The van der Waals surface area contributed by atoms with E-state index < -0.39 is 0 Å². The van der Waals surface area contributed by atoms with Gasteiger partial charge >= 0.3 is 6.01 Å². The maximum atomic E-state index is 12.4. The first-order valence-corrected chi connectivity index (χ1v) is 7.01. The number of hydrogen-bond acceptors (Lipinski definition) is 6. The maximum absolute atomic E-state index is 12.4. The molecule has 2 aromatic heterocycles. The quantitative estimate of drug-likeness (QED) is 0.871. The zero-order valence-electron chi connectivity index (χ0n) is 11.8. The van der Waals surface area contributed by atoms with Gasteiger partial charge in [0.15, 0.2) is 0 Å². The number of nitrogens with zero attached hydrogens (tertiary/aromatic N) is 4. The Balaban J connectivity index is 1.66. The van der Waals surface area contributed by atoms with Gasteiger partial charge in [0.2, 0.25) is 0 Å². The summed E-state index contributed by atoms with van der Waals surface area (Å²) < 4.78 is 5.70. The van der Waals surface area contributed by atoms with E-state index in [1.807, 2.05) is 0 Å². The molecule has 3 heterocycles. The minimum absolute atomic E-state index is 0.150. The summed E-state index contributed by atoms with van der Waals surface area (Å²) >= 11 is 0. The molecule has 1 aliphatic rings. The van der Waals surface area contributed by atoms with E-state index in [-0.39, 0.29) is 23.3 Å². The van der Waals surface area contributed by atoms with Gasteiger partial charge in [0, 0.05) is 25.0 Å². The SMILES string of the molecule is O=C(c1ccc(=O)[nH]n1)N1CCCC(Oc2ncccn2)C1. The van der Waals surface area contributed by atoms with E-state index in [1.54, 1.807) is 23.4 Å². The number of piperidine rings is 1. The molecule has 3 rings (SSSR count). The standard InChI is InChI=1S/C14H15N5O3/c20-12-5-4-11(17-18-12)13(21)19-8-1-3-10(9-19)22-14-15-6-2-7-16-14/h2,4-7,10H,1,3,8-9H2,(H,18,20). The molecule has 1 fully saturated rings. The molecule has 1 aliphatic heterocycles. The van der Waals surface area contributed by atoms with E-state index in [0.717, 1.165) is 12.8 Å². The molecule has 8 nitrogen and oxygen atoms in total. The Bertz CT molecular complexity index is 683. The molecule has 22 heavy (non-hydrogen) atoms. The van der Waals surface area contributed by atoms with Crippen LogP contribution in [0.5, 0.6) is 6.01 Å². The van der Waals surface area contributed by atoms with Crippen molar-refractivity contribution in [2.24, 2.45) is 0 Å². The number of nitrogens with one attached hydrogen (secondary N) is 1. The average molecular weight is 301 g/mol. The van der Waals surface area contributed by atoms with Crippen LogP contribution < -0.4 is 10.3 Å². The molecule has 0 spiro atoms. The van der Waals surface area contributed by atoms with Crippen LogP contribution in [0.25, 0.3) is 0 Å². The van der Waals surface area contributed by atoms with E-state index >= 15 is 0 Å². The van der Waals surface area contributed by atoms with Crippen molar-refractivity contribution in [3.8, 4) is 6.01 Å². The summed E-state index contributed by atoms with van der Waals surface area (Å²) in [5.41, 5.74) is -0.117. The van der Waals surface area contributed by atoms with Crippen LogP contribution in [0.1, 0.15) is 23.3 Å².